The minimum absolute atomic E-state index is 0.810. The highest BCUT2D eigenvalue weighted by Gasteiger charge is 2.27. The molecule has 1 aromatic heterocycles. The molecule has 0 spiro atoms. The van der Waals surface area contributed by atoms with Gasteiger partial charge in [-0.25, -0.2) is 0 Å². The molecule has 0 amide bonds. The van der Waals surface area contributed by atoms with Gasteiger partial charge in [-0.1, -0.05) is 194 Å². The largest absolute Gasteiger partial charge is 0.454 e. The lowest BCUT2D eigenvalue weighted by molar-refractivity contribution is 0.669. The van der Waals surface area contributed by atoms with Gasteiger partial charge in [0.1, 0.15) is 5.58 Å². The quantitative estimate of drug-likeness (QED) is 0.144. The van der Waals surface area contributed by atoms with E-state index in [-0.39, 0.29) is 0 Å². The molecule has 0 fully saturated rings. The Morgan fingerprint density at radius 2 is 0.785 bits per heavy atom. The van der Waals surface area contributed by atoms with Crippen molar-refractivity contribution in [2.75, 3.05) is 9.80 Å². The third kappa shape index (κ3) is 6.87. The standard InChI is InChI=1S/C62H42N2O/c1-4-19-43(20-5-1)44-35-37-50(38-36-44)64(58-33-16-14-30-53(58)46-21-6-2-7-22-46)60-42-51(41-57-56-39-47-24-10-11-25-48(47)40-61(56)65-62(57)60)63(49-27-8-3-9-28-49)59-34-17-15-31-55(59)54-32-18-26-45-23-12-13-29-52(45)54/h1-42H. The van der Waals surface area contributed by atoms with Crippen molar-refractivity contribution < 1.29 is 4.42 Å². The maximum atomic E-state index is 7.18. The number of benzene rings is 11. The Morgan fingerprint density at radius 3 is 1.52 bits per heavy atom. The molecule has 0 saturated carbocycles. The van der Waals surface area contributed by atoms with Crippen LogP contribution in [0.2, 0.25) is 0 Å². The molecule has 0 atom stereocenters. The van der Waals surface area contributed by atoms with Crippen LogP contribution in [0.15, 0.2) is 259 Å². The molecule has 0 aliphatic heterocycles. The van der Waals surface area contributed by atoms with Crippen molar-refractivity contribution in [3.8, 4) is 33.4 Å². The van der Waals surface area contributed by atoms with Crippen LogP contribution in [-0.2, 0) is 0 Å². The SMILES string of the molecule is c1ccc(-c2ccc(N(c3ccccc3-c3ccccc3)c3cc(N(c4ccccc4)c4ccccc4-c4cccc5ccccc45)cc4c3oc3cc5ccccc5cc34)cc2)cc1. The van der Waals surface area contributed by atoms with E-state index in [9.17, 15) is 0 Å². The predicted octanol–water partition coefficient (Wildman–Crippen LogP) is 17.8. The molecule has 0 unspecified atom stereocenters. The molecule has 1 heterocycles. The van der Waals surface area contributed by atoms with Crippen molar-refractivity contribution in [2.45, 2.75) is 0 Å². The summed E-state index contributed by atoms with van der Waals surface area (Å²) in [6.45, 7) is 0. The Kier molecular flexibility index (Phi) is 9.50. The van der Waals surface area contributed by atoms with E-state index in [1.807, 2.05) is 0 Å². The van der Waals surface area contributed by atoms with E-state index in [0.29, 0.717) is 0 Å². The Labute approximate surface area is 378 Å². The highest BCUT2D eigenvalue weighted by atomic mass is 16.3. The molecule has 0 aliphatic carbocycles. The lowest BCUT2D eigenvalue weighted by Gasteiger charge is -2.31. The van der Waals surface area contributed by atoms with Gasteiger partial charge in [0.05, 0.1) is 17.1 Å². The normalized spacial score (nSPS) is 11.4. The van der Waals surface area contributed by atoms with Crippen LogP contribution in [0.4, 0.5) is 34.1 Å². The van der Waals surface area contributed by atoms with E-state index >= 15 is 0 Å². The first kappa shape index (κ1) is 38.0. The number of nitrogens with zero attached hydrogens (tertiary/aromatic N) is 2. The average Bonchev–Trinajstić information content (AvgIpc) is 3.74. The van der Waals surface area contributed by atoms with Crippen LogP contribution < -0.4 is 9.80 Å². The van der Waals surface area contributed by atoms with Crippen LogP contribution in [-0.4, -0.2) is 0 Å². The molecule has 0 aliphatic rings. The smallest absolute Gasteiger partial charge is 0.159 e. The van der Waals surface area contributed by atoms with Crippen molar-refractivity contribution in [1.82, 2.24) is 0 Å². The molecule has 0 bridgehead atoms. The van der Waals surface area contributed by atoms with Crippen LogP contribution in [0, 0.1) is 0 Å². The Hall–Kier alpha value is -8.66. The molecule has 0 radical (unpaired) electrons. The van der Waals surface area contributed by atoms with Gasteiger partial charge in [0.25, 0.3) is 0 Å². The van der Waals surface area contributed by atoms with E-state index in [1.165, 1.54) is 27.3 Å². The molecular formula is C62H42N2O. The number of rotatable bonds is 9. The molecule has 12 aromatic rings. The second-order valence-corrected chi connectivity index (χ2v) is 16.5. The molecule has 306 valence electrons. The van der Waals surface area contributed by atoms with Gasteiger partial charge >= 0.3 is 0 Å². The van der Waals surface area contributed by atoms with Gasteiger partial charge in [-0.15, -0.1) is 0 Å². The zero-order chi connectivity index (χ0) is 43.1. The van der Waals surface area contributed by atoms with E-state index in [0.717, 1.165) is 83.7 Å². The number of anilines is 6. The van der Waals surface area contributed by atoms with E-state index in [1.54, 1.807) is 0 Å². The van der Waals surface area contributed by atoms with Gasteiger partial charge in [0, 0.05) is 39.0 Å². The van der Waals surface area contributed by atoms with E-state index in [4.69, 9.17) is 4.42 Å². The highest BCUT2D eigenvalue weighted by Crippen LogP contribution is 2.50. The number of hydrogen-bond acceptors (Lipinski definition) is 3. The minimum atomic E-state index is 0.810. The average molecular weight is 831 g/mol. The first-order chi connectivity index (χ1) is 32.2. The van der Waals surface area contributed by atoms with Crippen LogP contribution >= 0.6 is 0 Å². The zero-order valence-corrected chi connectivity index (χ0v) is 35.6. The van der Waals surface area contributed by atoms with Gasteiger partial charge < -0.3 is 14.2 Å². The summed E-state index contributed by atoms with van der Waals surface area (Å²) >= 11 is 0. The fraction of sp³-hybridized carbons (Fsp3) is 0. The lowest BCUT2D eigenvalue weighted by Crippen LogP contribution is -2.15. The van der Waals surface area contributed by atoms with Crippen LogP contribution in [0.25, 0.3) is 76.9 Å². The van der Waals surface area contributed by atoms with Crippen LogP contribution in [0.1, 0.15) is 0 Å². The first-order valence-electron chi connectivity index (χ1n) is 22.2. The number of para-hydroxylation sites is 3. The van der Waals surface area contributed by atoms with Gasteiger partial charge in [-0.2, -0.15) is 0 Å². The molecular weight excluding hydrogens is 789 g/mol. The van der Waals surface area contributed by atoms with Gasteiger partial charge in [-0.3, -0.25) is 0 Å². The summed E-state index contributed by atoms with van der Waals surface area (Å²) in [5.41, 5.74) is 14.6. The molecule has 65 heavy (non-hydrogen) atoms. The summed E-state index contributed by atoms with van der Waals surface area (Å²) < 4.78 is 7.18. The second-order valence-electron chi connectivity index (χ2n) is 16.5. The van der Waals surface area contributed by atoms with Gasteiger partial charge in [0.2, 0.25) is 0 Å². The van der Waals surface area contributed by atoms with Crippen molar-refractivity contribution in [3.63, 3.8) is 0 Å². The molecule has 3 nitrogen and oxygen atoms in total. The molecule has 12 rings (SSSR count). The summed E-state index contributed by atoms with van der Waals surface area (Å²) in [7, 11) is 0. The molecule has 0 N–H and O–H groups in total. The summed E-state index contributed by atoms with van der Waals surface area (Å²) in [6.07, 6.45) is 0. The Bertz CT molecular complexity index is 3650. The third-order valence-corrected chi connectivity index (χ3v) is 12.6. The van der Waals surface area contributed by atoms with Crippen LogP contribution in [0.5, 0.6) is 0 Å². The molecule has 11 aromatic carbocycles. The summed E-state index contributed by atoms with van der Waals surface area (Å²) in [5, 5.41) is 6.81. The fourth-order valence-electron chi connectivity index (χ4n) is 9.56. The van der Waals surface area contributed by atoms with Crippen molar-refractivity contribution in [2.24, 2.45) is 0 Å². The van der Waals surface area contributed by atoms with Gasteiger partial charge in [0.15, 0.2) is 5.58 Å². The zero-order valence-electron chi connectivity index (χ0n) is 35.6. The van der Waals surface area contributed by atoms with Crippen molar-refractivity contribution in [3.05, 3.63) is 255 Å². The number of furan rings is 1. The van der Waals surface area contributed by atoms with Gasteiger partial charge in [-0.05, 0) is 104 Å². The lowest BCUT2D eigenvalue weighted by atomic mass is 9.96. The molecule has 3 heteroatoms. The molecule has 0 saturated heterocycles. The van der Waals surface area contributed by atoms with Crippen LogP contribution in [0.3, 0.4) is 0 Å². The maximum absolute atomic E-state index is 7.18. The summed E-state index contributed by atoms with van der Waals surface area (Å²) in [4.78, 5) is 4.81. The summed E-state index contributed by atoms with van der Waals surface area (Å²) in [6, 6.07) is 91.4. The van der Waals surface area contributed by atoms with Crippen molar-refractivity contribution >= 4 is 77.6 Å². The topological polar surface area (TPSA) is 19.6 Å². The van der Waals surface area contributed by atoms with E-state index < -0.39 is 0 Å². The Balaban J connectivity index is 1.18. The second kappa shape index (κ2) is 16.2. The maximum Gasteiger partial charge on any atom is 0.159 e. The number of fused-ring (bicyclic) bond motifs is 5. The van der Waals surface area contributed by atoms with Crippen molar-refractivity contribution in [1.29, 1.82) is 0 Å². The minimum Gasteiger partial charge on any atom is -0.454 e. The summed E-state index contributed by atoms with van der Waals surface area (Å²) in [5.74, 6) is 0. The third-order valence-electron chi connectivity index (χ3n) is 12.6. The Morgan fingerprint density at radius 1 is 0.262 bits per heavy atom. The number of hydrogen-bond donors (Lipinski definition) is 0. The first-order valence-corrected chi connectivity index (χ1v) is 22.2. The monoisotopic (exact) mass is 830 g/mol. The predicted molar refractivity (Wildman–Crippen MR) is 274 cm³/mol. The highest BCUT2D eigenvalue weighted by molar-refractivity contribution is 6.16. The van der Waals surface area contributed by atoms with E-state index in [2.05, 4.69) is 265 Å². The fourth-order valence-corrected chi connectivity index (χ4v) is 9.56.